The van der Waals surface area contributed by atoms with Crippen molar-refractivity contribution in [2.75, 3.05) is 33.3 Å². The van der Waals surface area contributed by atoms with Crippen LogP contribution in [0.2, 0.25) is 0 Å². The highest BCUT2D eigenvalue weighted by atomic mass is 16.5. The van der Waals surface area contributed by atoms with Crippen molar-refractivity contribution in [3.63, 3.8) is 0 Å². The van der Waals surface area contributed by atoms with Crippen LogP contribution in [0.15, 0.2) is 30.9 Å². The Morgan fingerprint density at radius 1 is 1.28 bits per heavy atom. The minimum Gasteiger partial charge on any atom is -0.494 e. The molecular weight excluding hydrogens is 370 g/mol. The summed E-state index contributed by atoms with van der Waals surface area (Å²) in [6.07, 6.45) is 8.12. The van der Waals surface area contributed by atoms with Crippen LogP contribution < -0.4 is 10.1 Å². The van der Waals surface area contributed by atoms with E-state index in [4.69, 9.17) is 4.74 Å². The van der Waals surface area contributed by atoms with Gasteiger partial charge in [-0.2, -0.15) is 15.5 Å². The number of hydrogen-bond donors (Lipinski definition) is 1. The minimum atomic E-state index is 0.121. The maximum absolute atomic E-state index is 12.5. The van der Waals surface area contributed by atoms with E-state index in [9.17, 15) is 10.1 Å². The average molecular weight is 391 g/mol. The van der Waals surface area contributed by atoms with E-state index in [1.807, 2.05) is 28.0 Å². The number of nitrogens with zero attached hydrogens (tertiary/aromatic N) is 6. The average Bonchev–Trinajstić information content (AvgIpc) is 3.45. The number of methoxy groups -OCH3 is 1. The first-order valence-electron chi connectivity index (χ1n) is 9.67. The number of hydrogen-bond acceptors (Lipinski definition) is 6. The molecule has 2 aliphatic rings. The second kappa shape index (κ2) is 6.90. The Morgan fingerprint density at radius 2 is 2.14 bits per heavy atom. The topological polar surface area (TPSA) is 100 Å². The Balaban J connectivity index is 1.34. The fourth-order valence-electron chi connectivity index (χ4n) is 4.09. The van der Waals surface area contributed by atoms with Crippen LogP contribution in [0.3, 0.4) is 0 Å². The first kappa shape index (κ1) is 17.7. The number of carbonyl (C=O) groups excluding carboxylic acids is 1. The number of fused-ring (bicyclic) bond motifs is 1. The predicted molar refractivity (Wildman–Crippen MR) is 104 cm³/mol. The second-order valence-electron chi connectivity index (χ2n) is 7.56. The Bertz CT molecular complexity index is 1110. The van der Waals surface area contributed by atoms with Crippen LogP contribution in [-0.4, -0.2) is 63.5 Å². The number of ether oxygens (including phenoxy) is 1. The van der Waals surface area contributed by atoms with Gasteiger partial charge in [0.15, 0.2) is 0 Å². The van der Waals surface area contributed by atoms with E-state index in [1.165, 1.54) is 6.20 Å². The van der Waals surface area contributed by atoms with Gasteiger partial charge in [-0.15, -0.1) is 0 Å². The van der Waals surface area contributed by atoms with Crippen LogP contribution in [-0.2, 0) is 4.79 Å². The molecule has 0 saturated carbocycles. The van der Waals surface area contributed by atoms with Gasteiger partial charge >= 0.3 is 0 Å². The Labute approximate surface area is 167 Å². The molecule has 0 bridgehead atoms. The molecule has 2 fully saturated rings. The molecule has 0 spiro atoms. The van der Waals surface area contributed by atoms with Crippen molar-refractivity contribution in [3.8, 4) is 22.9 Å². The molecule has 5 rings (SSSR count). The van der Waals surface area contributed by atoms with Gasteiger partial charge in [0, 0.05) is 43.2 Å². The molecule has 2 saturated heterocycles. The van der Waals surface area contributed by atoms with E-state index < -0.39 is 0 Å². The lowest BCUT2D eigenvalue weighted by atomic mass is 10.0. The minimum absolute atomic E-state index is 0.121. The maximum atomic E-state index is 12.5. The molecule has 29 heavy (non-hydrogen) atoms. The standard InChI is InChI=1S/C20H21N7O2/c1-29-18-4-14(9-27-19(18)15(5-21)7-24-27)16-8-23-26(10-16)17-11-25(12-17)20(28)13-2-3-22-6-13/h4,7-10,13,17,22H,2-3,6,11-12H2,1H3/t13-/m0/s1. The summed E-state index contributed by atoms with van der Waals surface area (Å²) in [4.78, 5) is 14.4. The zero-order valence-electron chi connectivity index (χ0n) is 16.1. The molecule has 1 amide bonds. The highest BCUT2D eigenvalue weighted by Crippen LogP contribution is 2.31. The van der Waals surface area contributed by atoms with E-state index >= 15 is 0 Å². The third-order valence-electron chi connectivity index (χ3n) is 5.81. The lowest BCUT2D eigenvalue weighted by molar-refractivity contribution is -0.141. The van der Waals surface area contributed by atoms with Crippen molar-refractivity contribution in [1.82, 2.24) is 29.6 Å². The van der Waals surface area contributed by atoms with Crippen LogP contribution in [0.25, 0.3) is 16.6 Å². The summed E-state index contributed by atoms with van der Waals surface area (Å²) in [6.45, 7) is 3.11. The second-order valence-corrected chi connectivity index (χ2v) is 7.56. The van der Waals surface area contributed by atoms with Crippen molar-refractivity contribution >= 4 is 11.4 Å². The summed E-state index contributed by atoms with van der Waals surface area (Å²) in [7, 11) is 1.58. The first-order chi connectivity index (χ1) is 14.2. The Kier molecular flexibility index (Phi) is 4.21. The van der Waals surface area contributed by atoms with E-state index in [-0.39, 0.29) is 17.9 Å². The number of nitriles is 1. The van der Waals surface area contributed by atoms with E-state index in [0.29, 0.717) is 29.9 Å². The number of pyridine rings is 1. The largest absolute Gasteiger partial charge is 0.494 e. The van der Waals surface area contributed by atoms with Crippen molar-refractivity contribution in [2.45, 2.75) is 12.5 Å². The van der Waals surface area contributed by atoms with Gasteiger partial charge < -0.3 is 15.0 Å². The van der Waals surface area contributed by atoms with Gasteiger partial charge in [-0.3, -0.25) is 9.48 Å². The SMILES string of the molecule is COc1cc(-c2cnn(C3CN(C(=O)[C@H]4CCNC4)C3)c2)cn2ncc(C#N)c12. The molecule has 1 N–H and O–H groups in total. The maximum Gasteiger partial charge on any atom is 0.227 e. The fraction of sp³-hybridized carbons (Fsp3) is 0.400. The summed E-state index contributed by atoms with van der Waals surface area (Å²) >= 11 is 0. The van der Waals surface area contributed by atoms with Crippen molar-refractivity contribution < 1.29 is 9.53 Å². The third-order valence-corrected chi connectivity index (χ3v) is 5.81. The summed E-state index contributed by atoms with van der Waals surface area (Å²) in [5.41, 5.74) is 2.96. The molecule has 5 heterocycles. The Morgan fingerprint density at radius 3 is 2.86 bits per heavy atom. The van der Waals surface area contributed by atoms with Gasteiger partial charge in [0.25, 0.3) is 0 Å². The quantitative estimate of drug-likeness (QED) is 0.714. The van der Waals surface area contributed by atoms with Crippen LogP contribution >= 0.6 is 0 Å². The zero-order valence-corrected chi connectivity index (χ0v) is 16.1. The molecule has 0 unspecified atom stereocenters. The first-order valence-corrected chi connectivity index (χ1v) is 9.67. The van der Waals surface area contributed by atoms with Gasteiger partial charge in [0.1, 0.15) is 22.9 Å². The Hall–Kier alpha value is -3.38. The number of carbonyl (C=O) groups is 1. The van der Waals surface area contributed by atoms with Gasteiger partial charge in [-0.25, -0.2) is 4.52 Å². The van der Waals surface area contributed by atoms with Crippen molar-refractivity contribution in [2.24, 2.45) is 5.92 Å². The molecule has 0 aliphatic carbocycles. The van der Waals surface area contributed by atoms with Gasteiger partial charge in [0.2, 0.25) is 5.91 Å². The summed E-state index contributed by atoms with van der Waals surface area (Å²) in [5, 5.41) is 21.3. The van der Waals surface area contributed by atoms with Crippen molar-refractivity contribution in [3.05, 3.63) is 36.4 Å². The molecule has 9 heteroatoms. The fourth-order valence-corrected chi connectivity index (χ4v) is 4.09. The number of aromatic nitrogens is 4. The van der Waals surface area contributed by atoms with Crippen molar-refractivity contribution in [1.29, 1.82) is 5.26 Å². The monoisotopic (exact) mass is 391 g/mol. The molecule has 148 valence electrons. The summed E-state index contributed by atoms with van der Waals surface area (Å²) in [6, 6.07) is 4.22. The highest BCUT2D eigenvalue weighted by Gasteiger charge is 2.36. The predicted octanol–water partition coefficient (Wildman–Crippen LogP) is 1.07. The van der Waals surface area contributed by atoms with E-state index in [0.717, 1.165) is 30.6 Å². The molecule has 1 atom stereocenters. The molecule has 9 nitrogen and oxygen atoms in total. The van der Waals surface area contributed by atoms with Gasteiger partial charge in [-0.05, 0) is 19.0 Å². The molecule has 3 aromatic heterocycles. The molecule has 3 aromatic rings. The van der Waals surface area contributed by atoms with Crippen LogP contribution in [0.1, 0.15) is 18.0 Å². The molecular formula is C20H21N7O2. The number of rotatable bonds is 4. The van der Waals surface area contributed by atoms with Gasteiger partial charge in [0.05, 0.1) is 31.5 Å². The zero-order chi connectivity index (χ0) is 20.0. The molecule has 0 aromatic carbocycles. The number of amides is 1. The lowest BCUT2D eigenvalue weighted by Gasteiger charge is -2.40. The molecule has 0 radical (unpaired) electrons. The summed E-state index contributed by atoms with van der Waals surface area (Å²) in [5.74, 6) is 0.964. The third kappa shape index (κ3) is 2.93. The van der Waals surface area contributed by atoms with Gasteiger partial charge in [-0.1, -0.05) is 0 Å². The highest BCUT2D eigenvalue weighted by molar-refractivity contribution is 5.80. The lowest BCUT2D eigenvalue weighted by Crippen LogP contribution is -2.53. The van der Waals surface area contributed by atoms with Crippen LogP contribution in [0, 0.1) is 17.2 Å². The van der Waals surface area contributed by atoms with E-state index in [2.05, 4.69) is 21.6 Å². The number of likely N-dealkylation sites (tertiary alicyclic amines) is 1. The normalized spacial score (nSPS) is 19.3. The number of nitrogens with one attached hydrogen (secondary N) is 1. The van der Waals surface area contributed by atoms with Crippen LogP contribution in [0.5, 0.6) is 5.75 Å². The smallest absolute Gasteiger partial charge is 0.227 e. The molecule has 2 aliphatic heterocycles. The van der Waals surface area contributed by atoms with Crippen LogP contribution in [0.4, 0.5) is 0 Å². The summed E-state index contributed by atoms with van der Waals surface area (Å²) < 4.78 is 9.06. The van der Waals surface area contributed by atoms with E-state index in [1.54, 1.807) is 17.8 Å².